The molecule has 1 heterocycles. The number of methoxy groups -OCH3 is 1. The highest BCUT2D eigenvalue weighted by Gasteiger charge is 2.14. The van der Waals surface area contributed by atoms with E-state index in [0.717, 1.165) is 5.75 Å². The van der Waals surface area contributed by atoms with Crippen molar-refractivity contribution in [3.63, 3.8) is 0 Å². The van der Waals surface area contributed by atoms with E-state index >= 15 is 0 Å². The SMILES string of the molecule is COc1ccsc1-c1ccc(C(C)(C)C)cc1. The Morgan fingerprint density at radius 2 is 1.65 bits per heavy atom. The van der Waals surface area contributed by atoms with E-state index < -0.39 is 0 Å². The molecular formula is C15H18OS. The summed E-state index contributed by atoms with van der Waals surface area (Å²) in [5, 5.41) is 2.06. The van der Waals surface area contributed by atoms with E-state index in [2.05, 4.69) is 50.4 Å². The summed E-state index contributed by atoms with van der Waals surface area (Å²) in [6.07, 6.45) is 0. The van der Waals surface area contributed by atoms with Crippen LogP contribution >= 0.6 is 11.3 Å². The Hall–Kier alpha value is -1.28. The van der Waals surface area contributed by atoms with Crippen molar-refractivity contribution in [2.24, 2.45) is 0 Å². The molecule has 2 aromatic rings. The average Bonchev–Trinajstić information content (AvgIpc) is 2.76. The van der Waals surface area contributed by atoms with Gasteiger partial charge >= 0.3 is 0 Å². The summed E-state index contributed by atoms with van der Waals surface area (Å²) in [5.74, 6) is 0.957. The lowest BCUT2D eigenvalue weighted by Crippen LogP contribution is -2.10. The maximum absolute atomic E-state index is 5.35. The van der Waals surface area contributed by atoms with Crippen LogP contribution in [0.25, 0.3) is 10.4 Å². The third-order valence-electron chi connectivity index (χ3n) is 2.86. The van der Waals surface area contributed by atoms with Gasteiger partial charge in [-0.15, -0.1) is 11.3 Å². The lowest BCUT2D eigenvalue weighted by Gasteiger charge is -2.19. The van der Waals surface area contributed by atoms with Gasteiger partial charge in [-0.05, 0) is 28.0 Å². The van der Waals surface area contributed by atoms with Crippen molar-refractivity contribution in [1.82, 2.24) is 0 Å². The van der Waals surface area contributed by atoms with Crippen LogP contribution in [0.4, 0.5) is 0 Å². The number of hydrogen-bond acceptors (Lipinski definition) is 2. The molecule has 0 N–H and O–H groups in total. The Balaban J connectivity index is 2.36. The highest BCUT2D eigenvalue weighted by Crippen LogP contribution is 2.36. The molecule has 0 bridgehead atoms. The van der Waals surface area contributed by atoms with Crippen LogP contribution in [-0.4, -0.2) is 7.11 Å². The topological polar surface area (TPSA) is 9.23 Å². The van der Waals surface area contributed by atoms with E-state index in [1.54, 1.807) is 18.4 Å². The van der Waals surface area contributed by atoms with Gasteiger partial charge in [-0.2, -0.15) is 0 Å². The molecule has 0 atom stereocenters. The number of thiophene rings is 1. The second-order valence-corrected chi connectivity index (χ2v) is 6.06. The smallest absolute Gasteiger partial charge is 0.137 e. The van der Waals surface area contributed by atoms with Crippen molar-refractivity contribution >= 4 is 11.3 Å². The van der Waals surface area contributed by atoms with Crippen LogP contribution < -0.4 is 4.74 Å². The van der Waals surface area contributed by atoms with E-state index in [-0.39, 0.29) is 5.41 Å². The third-order valence-corrected chi connectivity index (χ3v) is 3.81. The molecule has 90 valence electrons. The second kappa shape index (κ2) is 4.53. The van der Waals surface area contributed by atoms with E-state index in [1.807, 2.05) is 6.07 Å². The summed E-state index contributed by atoms with van der Waals surface area (Å²) in [7, 11) is 1.72. The van der Waals surface area contributed by atoms with Gasteiger partial charge in [0.15, 0.2) is 0 Å². The number of hydrogen-bond donors (Lipinski definition) is 0. The number of ether oxygens (including phenoxy) is 1. The lowest BCUT2D eigenvalue weighted by molar-refractivity contribution is 0.418. The van der Waals surface area contributed by atoms with Gasteiger partial charge in [0.2, 0.25) is 0 Å². The van der Waals surface area contributed by atoms with Crippen molar-refractivity contribution in [1.29, 1.82) is 0 Å². The lowest BCUT2D eigenvalue weighted by atomic mass is 9.86. The van der Waals surface area contributed by atoms with E-state index in [4.69, 9.17) is 4.74 Å². The zero-order chi connectivity index (χ0) is 12.5. The Labute approximate surface area is 107 Å². The molecule has 1 aromatic heterocycles. The highest BCUT2D eigenvalue weighted by molar-refractivity contribution is 7.14. The Morgan fingerprint density at radius 3 is 2.18 bits per heavy atom. The van der Waals surface area contributed by atoms with Crippen LogP contribution in [0.5, 0.6) is 5.75 Å². The molecule has 2 heteroatoms. The van der Waals surface area contributed by atoms with Crippen LogP contribution in [0.2, 0.25) is 0 Å². The fourth-order valence-corrected chi connectivity index (χ4v) is 2.66. The fraction of sp³-hybridized carbons (Fsp3) is 0.333. The largest absolute Gasteiger partial charge is 0.495 e. The second-order valence-electron chi connectivity index (χ2n) is 5.15. The highest BCUT2D eigenvalue weighted by atomic mass is 32.1. The summed E-state index contributed by atoms with van der Waals surface area (Å²) in [5.41, 5.74) is 2.79. The van der Waals surface area contributed by atoms with Gasteiger partial charge < -0.3 is 4.74 Å². The van der Waals surface area contributed by atoms with Gasteiger partial charge in [-0.25, -0.2) is 0 Å². The van der Waals surface area contributed by atoms with Crippen molar-refractivity contribution in [3.05, 3.63) is 41.3 Å². The molecule has 0 saturated carbocycles. The summed E-state index contributed by atoms with van der Waals surface area (Å²) >= 11 is 1.72. The number of rotatable bonds is 2. The first-order valence-electron chi connectivity index (χ1n) is 5.75. The first kappa shape index (κ1) is 12.2. The Bertz CT molecular complexity index is 488. The van der Waals surface area contributed by atoms with Crippen LogP contribution in [0, 0.1) is 0 Å². The third kappa shape index (κ3) is 2.52. The molecule has 0 saturated heterocycles. The summed E-state index contributed by atoms with van der Waals surface area (Å²) in [4.78, 5) is 1.20. The molecular weight excluding hydrogens is 228 g/mol. The fourth-order valence-electron chi connectivity index (χ4n) is 1.79. The summed E-state index contributed by atoms with van der Waals surface area (Å²) < 4.78 is 5.35. The molecule has 0 spiro atoms. The number of benzene rings is 1. The van der Waals surface area contributed by atoms with E-state index in [1.165, 1.54) is 16.0 Å². The molecule has 0 fully saturated rings. The van der Waals surface area contributed by atoms with Gasteiger partial charge in [0, 0.05) is 0 Å². The van der Waals surface area contributed by atoms with Gasteiger partial charge in [-0.3, -0.25) is 0 Å². The van der Waals surface area contributed by atoms with Crippen LogP contribution in [0.1, 0.15) is 26.3 Å². The zero-order valence-corrected chi connectivity index (χ0v) is 11.6. The summed E-state index contributed by atoms with van der Waals surface area (Å²) in [6, 6.07) is 10.8. The van der Waals surface area contributed by atoms with Crippen molar-refractivity contribution in [3.8, 4) is 16.2 Å². The monoisotopic (exact) mass is 246 g/mol. The Kier molecular flexibility index (Phi) is 3.25. The minimum absolute atomic E-state index is 0.206. The predicted octanol–water partition coefficient (Wildman–Crippen LogP) is 4.72. The van der Waals surface area contributed by atoms with Crippen molar-refractivity contribution in [2.75, 3.05) is 7.11 Å². The molecule has 0 unspecified atom stereocenters. The molecule has 0 radical (unpaired) electrons. The standard InChI is InChI=1S/C15H18OS/c1-15(2,3)12-7-5-11(6-8-12)14-13(16-4)9-10-17-14/h5-10H,1-4H3. The molecule has 1 aromatic carbocycles. The molecule has 0 aliphatic carbocycles. The maximum atomic E-state index is 5.35. The van der Waals surface area contributed by atoms with Gasteiger partial charge in [0.1, 0.15) is 5.75 Å². The van der Waals surface area contributed by atoms with Crippen LogP contribution in [0.15, 0.2) is 35.7 Å². The van der Waals surface area contributed by atoms with Crippen LogP contribution in [0.3, 0.4) is 0 Å². The van der Waals surface area contributed by atoms with Gasteiger partial charge in [0.25, 0.3) is 0 Å². The molecule has 0 aliphatic rings. The van der Waals surface area contributed by atoms with E-state index in [9.17, 15) is 0 Å². The van der Waals surface area contributed by atoms with Crippen LogP contribution in [-0.2, 0) is 5.41 Å². The predicted molar refractivity (Wildman–Crippen MR) is 75.0 cm³/mol. The van der Waals surface area contributed by atoms with Gasteiger partial charge in [0.05, 0.1) is 12.0 Å². The first-order chi connectivity index (χ1) is 8.02. The van der Waals surface area contributed by atoms with Crippen molar-refractivity contribution < 1.29 is 4.74 Å². The zero-order valence-electron chi connectivity index (χ0n) is 10.8. The minimum Gasteiger partial charge on any atom is -0.495 e. The molecule has 17 heavy (non-hydrogen) atoms. The molecule has 0 amide bonds. The minimum atomic E-state index is 0.206. The Morgan fingerprint density at radius 1 is 1.00 bits per heavy atom. The average molecular weight is 246 g/mol. The van der Waals surface area contributed by atoms with Crippen molar-refractivity contribution in [2.45, 2.75) is 26.2 Å². The van der Waals surface area contributed by atoms with Gasteiger partial charge in [-0.1, -0.05) is 45.0 Å². The van der Waals surface area contributed by atoms with E-state index in [0.29, 0.717) is 0 Å². The first-order valence-corrected chi connectivity index (χ1v) is 6.63. The molecule has 1 nitrogen and oxygen atoms in total. The quantitative estimate of drug-likeness (QED) is 0.745. The normalized spacial score (nSPS) is 11.5. The summed E-state index contributed by atoms with van der Waals surface area (Å²) in [6.45, 7) is 6.69. The molecule has 2 rings (SSSR count). The molecule has 0 aliphatic heterocycles. The maximum Gasteiger partial charge on any atom is 0.137 e.